The molecule has 2 N–H and O–H groups in total. The number of anilines is 2. The molecule has 0 radical (unpaired) electrons. The second-order valence-corrected chi connectivity index (χ2v) is 8.07. The predicted octanol–water partition coefficient (Wildman–Crippen LogP) is 3.85. The van der Waals surface area contributed by atoms with Crippen molar-refractivity contribution in [1.29, 1.82) is 0 Å². The van der Waals surface area contributed by atoms with Crippen LogP contribution in [-0.2, 0) is 10.0 Å². The monoisotopic (exact) mass is 350 g/mol. The van der Waals surface area contributed by atoms with Gasteiger partial charge in [0, 0.05) is 12.2 Å². The van der Waals surface area contributed by atoms with Crippen molar-refractivity contribution in [1.82, 2.24) is 0 Å². The molecule has 0 aliphatic carbocycles. The maximum Gasteiger partial charge on any atom is 0.266 e. The van der Waals surface area contributed by atoms with Crippen molar-refractivity contribution in [2.24, 2.45) is 0 Å². The Labute approximate surface area is 131 Å². The third kappa shape index (κ3) is 2.88. The zero-order chi connectivity index (χ0) is 14.9. The third-order valence-corrected chi connectivity index (χ3v) is 6.29. The van der Waals surface area contributed by atoms with Crippen molar-refractivity contribution in [3.05, 3.63) is 39.0 Å². The van der Waals surface area contributed by atoms with Crippen LogP contribution in [0.25, 0.3) is 0 Å². The van der Waals surface area contributed by atoms with Crippen molar-refractivity contribution in [3.8, 4) is 0 Å². The fourth-order valence-electron chi connectivity index (χ4n) is 1.79. The zero-order valence-electron chi connectivity index (χ0n) is 10.5. The second kappa shape index (κ2) is 5.81. The van der Waals surface area contributed by atoms with Crippen LogP contribution in [-0.4, -0.2) is 15.0 Å². The van der Waals surface area contributed by atoms with Crippen LogP contribution in [0.4, 0.5) is 11.4 Å². The van der Waals surface area contributed by atoms with Gasteiger partial charge in [0.25, 0.3) is 10.0 Å². The quantitative estimate of drug-likeness (QED) is 0.851. The highest BCUT2D eigenvalue weighted by Crippen LogP contribution is 2.37. The van der Waals surface area contributed by atoms with Crippen molar-refractivity contribution in [2.75, 3.05) is 16.6 Å². The van der Waals surface area contributed by atoms with E-state index in [4.69, 9.17) is 28.9 Å². The molecule has 2 rings (SSSR count). The van der Waals surface area contributed by atoms with Crippen molar-refractivity contribution >= 4 is 55.9 Å². The van der Waals surface area contributed by atoms with Gasteiger partial charge in [-0.3, -0.25) is 4.31 Å². The Morgan fingerprint density at radius 3 is 2.50 bits per heavy atom. The van der Waals surface area contributed by atoms with Crippen LogP contribution < -0.4 is 10.0 Å². The topological polar surface area (TPSA) is 63.4 Å². The summed E-state index contributed by atoms with van der Waals surface area (Å²) in [6, 6.07) is 8.03. The number of rotatable bonds is 4. The maximum absolute atomic E-state index is 12.7. The predicted molar refractivity (Wildman–Crippen MR) is 85.4 cm³/mol. The van der Waals surface area contributed by atoms with Gasteiger partial charge in [0.1, 0.15) is 9.23 Å². The standard InChI is InChI=1S/C12H12Cl2N2O2S2/c1-2-16(9-5-3-4-8(15)6-9)20(17,18)10-7-11(13)19-12(10)14/h3-7H,2,15H2,1H3. The van der Waals surface area contributed by atoms with E-state index < -0.39 is 10.0 Å². The Morgan fingerprint density at radius 1 is 1.30 bits per heavy atom. The zero-order valence-corrected chi connectivity index (χ0v) is 13.7. The van der Waals surface area contributed by atoms with Gasteiger partial charge in [0.2, 0.25) is 0 Å². The third-order valence-electron chi connectivity index (χ3n) is 2.64. The van der Waals surface area contributed by atoms with Gasteiger partial charge in [0.15, 0.2) is 0 Å². The molecule has 4 nitrogen and oxygen atoms in total. The van der Waals surface area contributed by atoms with Crippen LogP contribution in [0.1, 0.15) is 6.92 Å². The molecule has 0 saturated carbocycles. The number of nitrogen functional groups attached to an aromatic ring is 1. The number of benzene rings is 1. The molecule has 0 aliphatic rings. The number of hydrogen-bond acceptors (Lipinski definition) is 4. The first-order chi connectivity index (χ1) is 9.36. The Balaban J connectivity index is 2.53. The average Bonchev–Trinajstić information content (AvgIpc) is 2.70. The molecule has 20 heavy (non-hydrogen) atoms. The van der Waals surface area contributed by atoms with E-state index in [2.05, 4.69) is 0 Å². The van der Waals surface area contributed by atoms with Gasteiger partial charge in [-0.05, 0) is 31.2 Å². The van der Waals surface area contributed by atoms with E-state index >= 15 is 0 Å². The molecule has 1 aromatic carbocycles. The van der Waals surface area contributed by atoms with E-state index in [1.54, 1.807) is 31.2 Å². The van der Waals surface area contributed by atoms with Gasteiger partial charge < -0.3 is 5.73 Å². The van der Waals surface area contributed by atoms with Crippen molar-refractivity contribution in [2.45, 2.75) is 11.8 Å². The van der Waals surface area contributed by atoms with E-state index in [0.717, 1.165) is 11.3 Å². The van der Waals surface area contributed by atoms with Crippen LogP contribution in [0.5, 0.6) is 0 Å². The molecular formula is C12H12Cl2N2O2S2. The first kappa shape index (κ1) is 15.4. The van der Waals surface area contributed by atoms with Crippen LogP contribution in [0.15, 0.2) is 35.2 Å². The summed E-state index contributed by atoms with van der Waals surface area (Å²) in [5.74, 6) is 0. The van der Waals surface area contributed by atoms with Crippen molar-refractivity contribution in [3.63, 3.8) is 0 Å². The molecule has 1 aromatic heterocycles. The molecule has 0 unspecified atom stereocenters. The molecule has 2 aromatic rings. The summed E-state index contributed by atoms with van der Waals surface area (Å²) < 4.78 is 27.0. The summed E-state index contributed by atoms with van der Waals surface area (Å²) in [6.07, 6.45) is 0. The van der Waals surface area contributed by atoms with Crippen LogP contribution in [0.3, 0.4) is 0 Å². The normalized spacial score (nSPS) is 11.6. The molecule has 0 atom stereocenters. The SMILES string of the molecule is CCN(c1cccc(N)c1)S(=O)(=O)c1cc(Cl)sc1Cl. The summed E-state index contributed by atoms with van der Waals surface area (Å²) in [5, 5.41) is 0. The molecule has 0 aliphatic heterocycles. The van der Waals surface area contributed by atoms with Crippen molar-refractivity contribution < 1.29 is 8.42 Å². The van der Waals surface area contributed by atoms with E-state index in [-0.39, 0.29) is 15.8 Å². The largest absolute Gasteiger partial charge is 0.399 e. The second-order valence-electron chi connectivity index (χ2n) is 3.95. The summed E-state index contributed by atoms with van der Waals surface area (Å²) in [7, 11) is -3.76. The first-order valence-corrected chi connectivity index (χ1v) is 8.70. The number of nitrogens with two attached hydrogens (primary N) is 1. The lowest BCUT2D eigenvalue weighted by molar-refractivity contribution is 0.592. The summed E-state index contributed by atoms with van der Waals surface area (Å²) in [4.78, 5) is 0.0124. The van der Waals surface area contributed by atoms with E-state index in [1.165, 1.54) is 10.4 Å². The number of hydrogen-bond donors (Lipinski definition) is 1. The summed E-state index contributed by atoms with van der Waals surface area (Å²) >= 11 is 12.8. The Kier molecular flexibility index (Phi) is 4.49. The minimum atomic E-state index is -3.76. The number of halogens is 2. The number of sulfonamides is 1. The fourth-order valence-corrected chi connectivity index (χ4v) is 5.37. The Morgan fingerprint density at radius 2 is 2.00 bits per heavy atom. The molecule has 0 bridgehead atoms. The Bertz CT molecular complexity index is 729. The smallest absolute Gasteiger partial charge is 0.266 e. The molecular weight excluding hydrogens is 339 g/mol. The first-order valence-electron chi connectivity index (χ1n) is 5.69. The Hall–Kier alpha value is -0.950. The minimum absolute atomic E-state index is 0.0124. The van der Waals surface area contributed by atoms with Gasteiger partial charge in [-0.25, -0.2) is 8.42 Å². The highest BCUT2D eigenvalue weighted by atomic mass is 35.5. The van der Waals surface area contributed by atoms with Crippen LogP contribution in [0.2, 0.25) is 8.67 Å². The molecule has 0 spiro atoms. The maximum atomic E-state index is 12.7. The van der Waals surface area contributed by atoms with Gasteiger partial charge in [-0.15, -0.1) is 11.3 Å². The minimum Gasteiger partial charge on any atom is -0.399 e. The molecule has 0 saturated heterocycles. The lowest BCUT2D eigenvalue weighted by Gasteiger charge is -2.22. The van der Waals surface area contributed by atoms with E-state index in [9.17, 15) is 8.42 Å². The van der Waals surface area contributed by atoms with E-state index in [1.807, 2.05) is 0 Å². The average molecular weight is 351 g/mol. The van der Waals surface area contributed by atoms with E-state index in [0.29, 0.717) is 15.7 Å². The molecule has 0 fully saturated rings. The van der Waals surface area contributed by atoms with Gasteiger partial charge in [0.05, 0.1) is 10.0 Å². The van der Waals surface area contributed by atoms with Gasteiger partial charge in [-0.1, -0.05) is 29.3 Å². The van der Waals surface area contributed by atoms with Crippen LogP contribution >= 0.6 is 34.5 Å². The lowest BCUT2D eigenvalue weighted by Crippen LogP contribution is -2.30. The molecule has 108 valence electrons. The molecule has 8 heteroatoms. The van der Waals surface area contributed by atoms with Crippen LogP contribution in [0, 0.1) is 0 Å². The molecule has 1 heterocycles. The number of thiophene rings is 1. The fraction of sp³-hybridized carbons (Fsp3) is 0.167. The molecule has 0 amide bonds. The summed E-state index contributed by atoms with van der Waals surface area (Å²) in [5.41, 5.74) is 6.68. The lowest BCUT2D eigenvalue weighted by atomic mass is 10.3. The highest BCUT2D eigenvalue weighted by Gasteiger charge is 2.28. The summed E-state index contributed by atoms with van der Waals surface area (Å²) in [6.45, 7) is 2.00. The van der Waals surface area contributed by atoms with Gasteiger partial charge >= 0.3 is 0 Å². The highest BCUT2D eigenvalue weighted by molar-refractivity contribution is 7.93. The van der Waals surface area contributed by atoms with Gasteiger partial charge in [-0.2, -0.15) is 0 Å². The number of nitrogens with zero attached hydrogens (tertiary/aromatic N) is 1.